The molecule has 0 spiro atoms. The zero-order chi connectivity index (χ0) is 21.4. The third kappa shape index (κ3) is 4.18. The van der Waals surface area contributed by atoms with Gasteiger partial charge in [-0.2, -0.15) is 4.98 Å². The molecule has 1 aromatic carbocycles. The van der Waals surface area contributed by atoms with Crippen LogP contribution in [0.25, 0.3) is 5.78 Å². The second kappa shape index (κ2) is 8.32. The van der Waals surface area contributed by atoms with Crippen molar-refractivity contribution in [3.8, 4) is 0 Å². The Labute approximate surface area is 184 Å². The lowest BCUT2D eigenvalue weighted by Crippen LogP contribution is -2.41. The van der Waals surface area contributed by atoms with E-state index in [1.165, 1.54) is 0 Å². The fourth-order valence-electron chi connectivity index (χ4n) is 3.81. The van der Waals surface area contributed by atoms with Gasteiger partial charge in [0.2, 0.25) is 5.91 Å². The fraction of sp³-hybridized carbons (Fsp3) is 0.381. The lowest BCUT2D eigenvalue weighted by atomic mass is 9.89. The van der Waals surface area contributed by atoms with Crippen molar-refractivity contribution in [1.82, 2.24) is 24.5 Å². The molecule has 156 valence electrons. The number of likely N-dealkylation sites (tertiary alicyclic amines) is 1. The molecule has 0 N–H and O–H groups in total. The SMILES string of the molecule is Cc1cc(C)n2nc(CC(=O)N3CCC(C(=O)c4ccc(Cl)c(Cl)c4)CC3)nc2n1. The van der Waals surface area contributed by atoms with E-state index < -0.39 is 0 Å². The van der Waals surface area contributed by atoms with Gasteiger partial charge in [0.1, 0.15) is 0 Å². The molecule has 1 aliphatic rings. The highest BCUT2D eigenvalue weighted by Crippen LogP contribution is 2.27. The number of amides is 1. The van der Waals surface area contributed by atoms with Crippen LogP contribution in [-0.2, 0) is 11.2 Å². The van der Waals surface area contributed by atoms with E-state index in [-0.39, 0.29) is 24.0 Å². The van der Waals surface area contributed by atoms with Crippen molar-refractivity contribution in [2.75, 3.05) is 13.1 Å². The second-order valence-corrected chi connectivity index (χ2v) is 8.42. The van der Waals surface area contributed by atoms with Gasteiger partial charge in [0.05, 0.1) is 16.5 Å². The zero-order valence-corrected chi connectivity index (χ0v) is 18.2. The molecular formula is C21H21Cl2N5O2. The summed E-state index contributed by atoms with van der Waals surface area (Å²) in [5.74, 6) is 0.825. The number of piperidine rings is 1. The molecule has 7 nitrogen and oxygen atoms in total. The van der Waals surface area contributed by atoms with Crippen LogP contribution in [0.15, 0.2) is 24.3 Å². The van der Waals surface area contributed by atoms with Gasteiger partial charge in [-0.3, -0.25) is 9.59 Å². The molecule has 0 saturated carbocycles. The van der Waals surface area contributed by atoms with E-state index in [2.05, 4.69) is 15.1 Å². The van der Waals surface area contributed by atoms with Gasteiger partial charge in [0, 0.05) is 36.0 Å². The van der Waals surface area contributed by atoms with E-state index in [0.717, 1.165) is 11.4 Å². The van der Waals surface area contributed by atoms with Crippen LogP contribution in [0, 0.1) is 19.8 Å². The van der Waals surface area contributed by atoms with Gasteiger partial charge in [-0.15, -0.1) is 5.10 Å². The molecule has 1 saturated heterocycles. The standard InChI is InChI=1S/C21H21Cl2N5O2/c1-12-9-13(2)28-21(24-12)25-18(26-28)11-19(29)27-7-5-14(6-8-27)20(30)15-3-4-16(22)17(23)10-15/h3-4,9-10,14H,5-8,11H2,1-2H3. The summed E-state index contributed by atoms with van der Waals surface area (Å²) in [6, 6.07) is 6.86. The lowest BCUT2D eigenvalue weighted by molar-refractivity contribution is -0.131. The van der Waals surface area contributed by atoms with Crippen LogP contribution in [-0.4, -0.2) is 49.3 Å². The van der Waals surface area contributed by atoms with Crippen LogP contribution in [0.2, 0.25) is 10.0 Å². The molecule has 1 amide bonds. The number of benzene rings is 1. The maximum atomic E-state index is 12.8. The molecule has 1 fully saturated rings. The van der Waals surface area contributed by atoms with Crippen LogP contribution < -0.4 is 0 Å². The second-order valence-electron chi connectivity index (χ2n) is 7.60. The third-order valence-electron chi connectivity index (χ3n) is 5.39. The van der Waals surface area contributed by atoms with Gasteiger partial charge >= 0.3 is 0 Å². The van der Waals surface area contributed by atoms with Crippen molar-refractivity contribution in [2.45, 2.75) is 33.1 Å². The Kier molecular flexibility index (Phi) is 5.75. The smallest absolute Gasteiger partial charge is 0.252 e. The highest BCUT2D eigenvalue weighted by molar-refractivity contribution is 6.42. The van der Waals surface area contributed by atoms with Crippen molar-refractivity contribution in [1.29, 1.82) is 0 Å². The highest BCUT2D eigenvalue weighted by atomic mass is 35.5. The van der Waals surface area contributed by atoms with E-state index in [1.54, 1.807) is 27.6 Å². The monoisotopic (exact) mass is 445 g/mol. The Morgan fingerprint density at radius 2 is 1.80 bits per heavy atom. The average molecular weight is 446 g/mol. The molecule has 0 atom stereocenters. The van der Waals surface area contributed by atoms with Crippen LogP contribution in [0.5, 0.6) is 0 Å². The normalized spacial score (nSPS) is 15.0. The van der Waals surface area contributed by atoms with E-state index in [9.17, 15) is 9.59 Å². The molecule has 0 aliphatic carbocycles. The number of aryl methyl sites for hydroxylation is 2. The highest BCUT2D eigenvalue weighted by Gasteiger charge is 2.28. The third-order valence-corrected chi connectivity index (χ3v) is 6.13. The summed E-state index contributed by atoms with van der Waals surface area (Å²) in [4.78, 5) is 36.0. The van der Waals surface area contributed by atoms with Gasteiger partial charge < -0.3 is 4.90 Å². The summed E-state index contributed by atoms with van der Waals surface area (Å²) in [7, 11) is 0. The predicted octanol–water partition coefficient (Wildman–Crippen LogP) is 3.71. The minimum absolute atomic E-state index is 0.0410. The number of hydrogen-bond donors (Lipinski definition) is 0. The molecule has 1 aliphatic heterocycles. The molecule has 0 bridgehead atoms. The molecule has 4 rings (SSSR count). The van der Waals surface area contributed by atoms with Gasteiger partial charge in [-0.1, -0.05) is 23.2 Å². The van der Waals surface area contributed by atoms with Crippen LogP contribution >= 0.6 is 23.2 Å². The van der Waals surface area contributed by atoms with Crippen molar-refractivity contribution in [3.05, 3.63) is 57.1 Å². The van der Waals surface area contributed by atoms with Crippen LogP contribution in [0.1, 0.15) is 40.4 Å². The minimum atomic E-state index is -0.130. The number of nitrogens with zero attached hydrogens (tertiary/aromatic N) is 5. The number of fused-ring (bicyclic) bond motifs is 1. The number of rotatable bonds is 4. The number of carbonyl (C=O) groups excluding carboxylic acids is 2. The minimum Gasteiger partial charge on any atom is -0.342 e. The van der Waals surface area contributed by atoms with Gasteiger partial charge in [0.15, 0.2) is 11.6 Å². The summed E-state index contributed by atoms with van der Waals surface area (Å²) >= 11 is 12.0. The molecule has 30 heavy (non-hydrogen) atoms. The van der Waals surface area contributed by atoms with Gasteiger partial charge in [-0.05, 0) is 51.0 Å². The first kappa shape index (κ1) is 20.8. The quantitative estimate of drug-likeness (QED) is 0.571. The van der Waals surface area contributed by atoms with Crippen molar-refractivity contribution >= 4 is 40.7 Å². The Bertz CT molecular complexity index is 1140. The summed E-state index contributed by atoms with van der Waals surface area (Å²) in [5, 5.41) is 5.20. The average Bonchev–Trinajstić information content (AvgIpc) is 3.12. The van der Waals surface area contributed by atoms with Crippen LogP contribution in [0.3, 0.4) is 0 Å². The van der Waals surface area contributed by atoms with E-state index in [0.29, 0.717) is 53.1 Å². The Morgan fingerprint density at radius 1 is 1.07 bits per heavy atom. The number of carbonyl (C=O) groups is 2. The maximum absolute atomic E-state index is 12.8. The van der Waals surface area contributed by atoms with Crippen LogP contribution in [0.4, 0.5) is 0 Å². The summed E-state index contributed by atoms with van der Waals surface area (Å²) in [6.07, 6.45) is 1.35. The predicted molar refractivity (Wildman–Crippen MR) is 114 cm³/mol. The zero-order valence-electron chi connectivity index (χ0n) is 16.7. The Hall–Kier alpha value is -2.51. The van der Waals surface area contributed by atoms with Gasteiger partial charge in [0.25, 0.3) is 5.78 Å². The van der Waals surface area contributed by atoms with Crippen molar-refractivity contribution in [3.63, 3.8) is 0 Å². The number of Topliss-reactive ketones (excluding diaryl/α,β-unsaturated/α-hetero) is 1. The number of ketones is 1. The summed E-state index contributed by atoms with van der Waals surface area (Å²) < 4.78 is 1.65. The molecule has 0 radical (unpaired) electrons. The molecule has 2 aromatic heterocycles. The molecule has 3 aromatic rings. The van der Waals surface area contributed by atoms with E-state index >= 15 is 0 Å². The van der Waals surface area contributed by atoms with Gasteiger partial charge in [-0.25, -0.2) is 9.50 Å². The summed E-state index contributed by atoms with van der Waals surface area (Å²) in [6.45, 7) is 4.88. The first-order valence-corrected chi connectivity index (χ1v) is 10.5. The Morgan fingerprint density at radius 3 is 2.50 bits per heavy atom. The number of hydrogen-bond acceptors (Lipinski definition) is 5. The molecule has 0 unspecified atom stereocenters. The largest absolute Gasteiger partial charge is 0.342 e. The Balaban J connectivity index is 1.38. The number of aromatic nitrogens is 4. The first-order chi connectivity index (χ1) is 14.3. The molecule has 3 heterocycles. The topological polar surface area (TPSA) is 80.5 Å². The number of halogens is 2. The van der Waals surface area contributed by atoms with Crippen molar-refractivity contribution in [2.24, 2.45) is 5.92 Å². The van der Waals surface area contributed by atoms with E-state index in [1.807, 2.05) is 19.9 Å². The molecular weight excluding hydrogens is 425 g/mol. The summed E-state index contributed by atoms with van der Waals surface area (Å²) in [5.41, 5.74) is 2.34. The first-order valence-electron chi connectivity index (χ1n) is 9.79. The fourth-order valence-corrected chi connectivity index (χ4v) is 4.10. The lowest BCUT2D eigenvalue weighted by Gasteiger charge is -2.31. The molecule has 9 heteroatoms. The van der Waals surface area contributed by atoms with Crippen molar-refractivity contribution < 1.29 is 9.59 Å². The maximum Gasteiger partial charge on any atom is 0.252 e. The van der Waals surface area contributed by atoms with E-state index in [4.69, 9.17) is 23.2 Å².